The number of likely N-dealkylation sites (tertiary alicyclic amines) is 2. The van der Waals surface area contributed by atoms with E-state index in [-0.39, 0.29) is 54.4 Å². The van der Waals surface area contributed by atoms with E-state index in [1.807, 2.05) is 75.1 Å². The van der Waals surface area contributed by atoms with Crippen molar-refractivity contribution in [3.05, 3.63) is 76.6 Å². The van der Waals surface area contributed by atoms with E-state index < -0.39 is 23.6 Å². The summed E-state index contributed by atoms with van der Waals surface area (Å²) >= 11 is 1.59. The first-order valence-electron chi connectivity index (χ1n) is 23.1. The fourth-order valence-corrected chi connectivity index (χ4v) is 10.6. The molecule has 15 nitrogen and oxygen atoms in total. The first-order chi connectivity index (χ1) is 31.0. The van der Waals surface area contributed by atoms with Crippen LogP contribution < -0.4 is 27.4 Å². The molecule has 4 heterocycles. The largest absolute Gasteiger partial charge is 0.507 e. The first-order valence-corrected chi connectivity index (χ1v) is 24.0. The third kappa shape index (κ3) is 11.2. The summed E-state index contributed by atoms with van der Waals surface area (Å²) in [4.78, 5) is 51.2. The summed E-state index contributed by atoms with van der Waals surface area (Å²) in [5, 5.41) is 35.2. The van der Waals surface area contributed by atoms with Crippen LogP contribution in [0, 0.1) is 24.2 Å². The predicted molar refractivity (Wildman–Crippen MR) is 257 cm³/mol. The van der Waals surface area contributed by atoms with Crippen LogP contribution in [-0.2, 0) is 14.4 Å². The maximum atomic E-state index is 14.3. The van der Waals surface area contributed by atoms with Crippen molar-refractivity contribution in [3.63, 3.8) is 0 Å². The van der Waals surface area contributed by atoms with Gasteiger partial charge in [0.1, 0.15) is 23.5 Å². The van der Waals surface area contributed by atoms with Gasteiger partial charge in [-0.05, 0) is 99.0 Å². The molecule has 2 aromatic carbocycles. The Labute approximate surface area is 387 Å². The van der Waals surface area contributed by atoms with E-state index in [2.05, 4.69) is 25.8 Å². The van der Waals surface area contributed by atoms with E-state index in [9.17, 15) is 24.6 Å². The van der Waals surface area contributed by atoms with Crippen LogP contribution in [0.2, 0.25) is 0 Å². The Bertz CT molecular complexity index is 2320. The van der Waals surface area contributed by atoms with Crippen LogP contribution in [0.25, 0.3) is 22.2 Å². The van der Waals surface area contributed by atoms with Gasteiger partial charge in [0, 0.05) is 57.3 Å². The molecule has 1 saturated carbocycles. The molecule has 0 unspecified atom stereocenters. The molecular formula is C49H68N10O5S. The molecule has 2 aromatic heterocycles. The number of anilines is 2. The molecule has 65 heavy (non-hydrogen) atoms. The monoisotopic (exact) mass is 909 g/mol. The smallest absolute Gasteiger partial charge is 0.246 e. The van der Waals surface area contributed by atoms with Crippen LogP contribution in [0.5, 0.6) is 5.75 Å². The average Bonchev–Trinajstić information content (AvgIpc) is 3.99. The highest BCUT2D eigenvalue weighted by atomic mass is 32.1. The Morgan fingerprint density at radius 2 is 1.66 bits per heavy atom. The molecule has 9 N–H and O–H groups in total. The molecular weight excluding hydrogens is 841 g/mol. The van der Waals surface area contributed by atoms with E-state index in [0.717, 1.165) is 85.6 Å². The van der Waals surface area contributed by atoms with Gasteiger partial charge in [0.2, 0.25) is 17.7 Å². The number of nitrogens with zero attached hydrogens (tertiary/aromatic N) is 5. The second kappa shape index (κ2) is 20.4. The number of β-amino-alcohol motifs (C(OH)–C–C–N with tert-alkyl or cyclic N) is 1. The molecule has 4 aromatic rings. The van der Waals surface area contributed by atoms with Crippen LogP contribution in [-0.4, -0.2) is 104 Å². The number of aromatic hydroxyl groups is 1. The Morgan fingerprint density at radius 1 is 0.985 bits per heavy atom. The summed E-state index contributed by atoms with van der Waals surface area (Å²) in [5.74, 6) is 0.636. The van der Waals surface area contributed by atoms with Gasteiger partial charge in [-0.3, -0.25) is 19.1 Å². The van der Waals surface area contributed by atoms with Gasteiger partial charge in [0.25, 0.3) is 0 Å². The maximum absolute atomic E-state index is 14.3. The number of nitrogen functional groups attached to an aromatic ring is 1. The molecule has 1 aliphatic carbocycles. The Kier molecular flexibility index (Phi) is 14.9. The highest BCUT2D eigenvalue weighted by Gasteiger charge is 2.45. The van der Waals surface area contributed by atoms with Crippen molar-refractivity contribution in [3.8, 4) is 16.2 Å². The summed E-state index contributed by atoms with van der Waals surface area (Å²) in [6, 6.07) is 13.1. The normalized spacial score (nSPS) is 22.1. The van der Waals surface area contributed by atoms with Crippen LogP contribution in [0.4, 0.5) is 11.5 Å². The molecule has 350 valence electrons. The summed E-state index contributed by atoms with van der Waals surface area (Å²) < 4.78 is 1.98. The number of aliphatic hydroxyl groups is 1. The lowest BCUT2D eigenvalue weighted by molar-refractivity contribution is -0.144. The minimum Gasteiger partial charge on any atom is -0.507 e. The van der Waals surface area contributed by atoms with Gasteiger partial charge in [0.15, 0.2) is 5.82 Å². The van der Waals surface area contributed by atoms with Crippen LogP contribution in [0.1, 0.15) is 114 Å². The minimum atomic E-state index is -0.861. The highest BCUT2D eigenvalue weighted by Crippen LogP contribution is 2.36. The number of aromatic nitrogens is 3. The zero-order chi connectivity index (χ0) is 46.6. The molecule has 16 heteroatoms. The van der Waals surface area contributed by atoms with Gasteiger partial charge in [-0.1, -0.05) is 57.2 Å². The average molecular weight is 909 g/mol. The van der Waals surface area contributed by atoms with E-state index in [0.29, 0.717) is 35.1 Å². The molecule has 2 aliphatic heterocycles. The zero-order valence-electron chi connectivity index (χ0n) is 38.7. The van der Waals surface area contributed by atoms with Gasteiger partial charge >= 0.3 is 0 Å². The molecule has 4 atom stereocenters. The summed E-state index contributed by atoms with van der Waals surface area (Å²) in [6.07, 6.45) is 7.23. The number of phenolic OH excluding ortho intramolecular Hbond substituents is 1. The number of para-hydroxylation sites is 1. The number of thiazole rings is 1. The quantitative estimate of drug-likeness (QED) is 0.0745. The number of carbonyl (C=O) groups excluding carboxylic acids is 3. The molecule has 2 saturated heterocycles. The molecule has 0 bridgehead atoms. The number of aliphatic hydroxyl groups excluding tert-OH is 1. The fourth-order valence-electron chi connectivity index (χ4n) is 9.84. The van der Waals surface area contributed by atoms with Gasteiger partial charge < -0.3 is 47.4 Å². The summed E-state index contributed by atoms with van der Waals surface area (Å²) in [5.41, 5.74) is 19.4. The Balaban J connectivity index is 0.885. The molecule has 3 amide bonds. The minimum absolute atomic E-state index is 0.0296. The van der Waals surface area contributed by atoms with Crippen LogP contribution in [0.3, 0.4) is 0 Å². The van der Waals surface area contributed by atoms with Crippen molar-refractivity contribution in [1.82, 2.24) is 35.2 Å². The van der Waals surface area contributed by atoms with Gasteiger partial charge in [-0.2, -0.15) is 5.10 Å². The second-order valence-electron chi connectivity index (χ2n) is 19.5. The number of hydrogen-bond donors (Lipinski definition) is 7. The number of carbonyl (C=O) groups is 3. The number of piperidine rings is 1. The lowest BCUT2D eigenvalue weighted by Gasteiger charge is -2.37. The van der Waals surface area contributed by atoms with E-state index in [1.54, 1.807) is 42.7 Å². The molecule has 3 aliphatic rings. The van der Waals surface area contributed by atoms with Crippen molar-refractivity contribution in [2.75, 3.05) is 44.3 Å². The lowest BCUT2D eigenvalue weighted by atomic mass is 9.79. The fraction of sp³-hybridized carbons (Fsp3) is 0.531. The number of nitrogens with two attached hydrogens (primary N) is 2. The van der Waals surface area contributed by atoms with E-state index in [1.165, 1.54) is 4.90 Å². The molecule has 7 rings (SSSR count). The highest BCUT2D eigenvalue weighted by molar-refractivity contribution is 7.13. The van der Waals surface area contributed by atoms with E-state index >= 15 is 0 Å². The molecule has 0 radical (unpaired) electrons. The Morgan fingerprint density at radius 3 is 2.29 bits per heavy atom. The second-order valence-corrected chi connectivity index (χ2v) is 20.3. The summed E-state index contributed by atoms with van der Waals surface area (Å²) in [7, 11) is 1.80. The van der Waals surface area contributed by atoms with Crippen molar-refractivity contribution in [2.24, 2.45) is 23.0 Å². The number of benzene rings is 2. The Hall–Kier alpha value is -5.45. The van der Waals surface area contributed by atoms with Crippen LogP contribution >= 0.6 is 11.3 Å². The van der Waals surface area contributed by atoms with E-state index in [4.69, 9.17) is 16.6 Å². The van der Waals surface area contributed by atoms with Gasteiger partial charge in [-0.15, -0.1) is 11.3 Å². The van der Waals surface area contributed by atoms with Crippen molar-refractivity contribution in [1.29, 1.82) is 0 Å². The number of rotatable bonds is 14. The number of amides is 3. The number of aryl methyl sites for hydroxylation is 1. The number of hydrogen-bond acceptors (Lipinski definition) is 12. The van der Waals surface area contributed by atoms with Gasteiger partial charge in [-0.25, -0.2) is 4.98 Å². The lowest BCUT2D eigenvalue weighted by Crippen LogP contribution is -2.58. The van der Waals surface area contributed by atoms with Crippen LogP contribution in [0.15, 0.2) is 54.0 Å². The van der Waals surface area contributed by atoms with Crippen molar-refractivity contribution < 1.29 is 24.6 Å². The SMILES string of the molecule is CNc1nn(C2CCN(CC3CCC(CC(=O)N[C@H](C(=O)N4C[C@H](O)C[C@H]4C(=O)N[C@@H](C)c4ccc(-c5scnc5C)cc4)C(C)(C)C)CC3)CC2)c(/C=C(\N)c2ccccc2O)c1N. The van der Waals surface area contributed by atoms with Gasteiger partial charge in [0.05, 0.1) is 40.0 Å². The maximum Gasteiger partial charge on any atom is 0.246 e. The zero-order valence-corrected chi connectivity index (χ0v) is 39.5. The molecule has 0 spiro atoms. The number of nitrogens with one attached hydrogen (secondary N) is 3. The molecule has 3 fully saturated rings. The van der Waals surface area contributed by atoms with Crippen molar-refractivity contribution >= 4 is 52.3 Å². The summed E-state index contributed by atoms with van der Waals surface area (Å²) in [6.45, 7) is 12.5. The topological polar surface area (TPSA) is 217 Å². The third-order valence-electron chi connectivity index (χ3n) is 13.6. The predicted octanol–water partition coefficient (Wildman–Crippen LogP) is 6.30. The van der Waals surface area contributed by atoms with Crippen molar-refractivity contribution in [2.45, 2.75) is 116 Å². The number of phenols is 1. The standard InChI is InChI=1S/C49H68N10O5S/c1-29(33-15-17-34(18-16-33)44-30(2)53-28-65-44)54-47(63)40-24-36(60)27-58(40)48(64)45(49(3,4)5)55-42(62)23-31-11-13-32(14-12-31)26-57-21-19-35(20-22-57)59-39(43(51)46(52-6)56-59)25-38(50)37-9-7-8-10-41(37)61/h7-10,15-18,25,28-29,31-32,35-36,40,45,60-61H,11-14,19-24,26-27,50-51H2,1-6H3,(H,52,56)(H,54,63)(H,55,62)/b38-25-/t29-,31?,32?,36+,40-,45+/m0/s1. The third-order valence-corrected chi connectivity index (χ3v) is 14.6. The first kappa shape index (κ1) is 47.5.